The van der Waals surface area contributed by atoms with Crippen molar-refractivity contribution in [3.8, 4) is 5.75 Å². The first-order chi connectivity index (χ1) is 14.1. The van der Waals surface area contributed by atoms with Crippen LogP contribution in [0.2, 0.25) is 5.02 Å². The Morgan fingerprint density at radius 2 is 2.00 bits per heavy atom. The minimum absolute atomic E-state index is 0.238. The van der Waals surface area contributed by atoms with Crippen LogP contribution in [-0.4, -0.2) is 41.7 Å². The van der Waals surface area contributed by atoms with Crippen LogP contribution in [0.1, 0.15) is 36.0 Å². The molecule has 1 aliphatic heterocycles. The second kappa shape index (κ2) is 8.91. The number of rotatable bonds is 5. The quantitative estimate of drug-likeness (QED) is 0.693. The number of amides is 1. The van der Waals surface area contributed by atoms with Crippen molar-refractivity contribution in [3.05, 3.63) is 44.7 Å². The van der Waals surface area contributed by atoms with Crippen molar-refractivity contribution in [1.82, 2.24) is 9.63 Å². The number of benzene rings is 1. The molecule has 1 amide bonds. The molecule has 3 rings (SSSR count). The molecule has 7 nitrogen and oxygen atoms in total. The van der Waals surface area contributed by atoms with Gasteiger partial charge in [0.15, 0.2) is 4.80 Å². The van der Waals surface area contributed by atoms with E-state index in [1.165, 1.54) is 18.4 Å². The predicted molar refractivity (Wildman–Crippen MR) is 116 cm³/mol. The molecule has 0 aliphatic carbocycles. The number of aromatic nitrogens is 1. The minimum Gasteiger partial charge on any atom is -0.496 e. The molecule has 0 saturated carbocycles. The monoisotopic (exact) mass is 451 g/mol. The lowest BCUT2D eigenvalue weighted by molar-refractivity contribution is -0.229. The van der Waals surface area contributed by atoms with Gasteiger partial charge in [0, 0.05) is 41.6 Å². The highest BCUT2D eigenvalue weighted by Gasteiger charge is 2.33. The molecular formula is C21H26ClN3O4S. The van der Waals surface area contributed by atoms with Gasteiger partial charge in [0.1, 0.15) is 5.75 Å². The second-order valence-electron chi connectivity index (χ2n) is 8.38. The average Bonchev–Trinajstić information content (AvgIpc) is 2.97. The number of halogens is 1. The van der Waals surface area contributed by atoms with Gasteiger partial charge in [0.05, 0.1) is 18.1 Å². The molecule has 9 heteroatoms. The minimum atomic E-state index is -0.528. The Morgan fingerprint density at radius 1 is 1.30 bits per heavy atom. The lowest BCUT2D eigenvalue weighted by Crippen LogP contribution is -2.50. The molecule has 1 fully saturated rings. The van der Waals surface area contributed by atoms with Gasteiger partial charge in [-0.1, -0.05) is 11.6 Å². The van der Waals surface area contributed by atoms with Crippen molar-refractivity contribution in [2.24, 2.45) is 16.3 Å². The standard InChI is InChI=1S/C21H26ClN3O4S/c1-13-9-24(10-14-11-25(12-14)29-19(27)21(2,3)4)20(30-13)23-18(26)16-7-6-15(22)8-17(16)28-5/h6-9,14H,10-12H2,1-5H3/b23-20-. The molecule has 1 aromatic heterocycles. The van der Waals surface area contributed by atoms with Crippen LogP contribution in [0.4, 0.5) is 0 Å². The number of ether oxygens (including phenoxy) is 1. The summed E-state index contributed by atoms with van der Waals surface area (Å²) in [5.74, 6) is 0.0869. The summed E-state index contributed by atoms with van der Waals surface area (Å²) in [4.78, 5) is 36.1. The number of carbonyl (C=O) groups is 2. The van der Waals surface area contributed by atoms with E-state index in [9.17, 15) is 9.59 Å². The van der Waals surface area contributed by atoms with Crippen molar-refractivity contribution in [1.29, 1.82) is 0 Å². The Bertz CT molecular complexity index is 1020. The molecule has 30 heavy (non-hydrogen) atoms. The maximum absolute atomic E-state index is 12.7. The molecule has 0 N–H and O–H groups in total. The van der Waals surface area contributed by atoms with Gasteiger partial charge in [0.2, 0.25) is 0 Å². The summed E-state index contributed by atoms with van der Waals surface area (Å²) in [5, 5.41) is 2.17. The fraction of sp³-hybridized carbons (Fsp3) is 0.476. The van der Waals surface area contributed by atoms with Crippen LogP contribution < -0.4 is 9.54 Å². The Labute approximate surface area is 184 Å². The third kappa shape index (κ3) is 5.30. The van der Waals surface area contributed by atoms with Crippen LogP contribution in [0.3, 0.4) is 0 Å². The van der Waals surface area contributed by atoms with Crippen molar-refractivity contribution < 1.29 is 19.2 Å². The molecule has 0 unspecified atom stereocenters. The molecule has 1 aliphatic rings. The van der Waals surface area contributed by atoms with E-state index in [4.69, 9.17) is 21.2 Å². The van der Waals surface area contributed by atoms with E-state index in [1.807, 2.05) is 38.5 Å². The highest BCUT2D eigenvalue weighted by atomic mass is 35.5. The van der Waals surface area contributed by atoms with Gasteiger partial charge in [-0.2, -0.15) is 4.99 Å². The largest absolute Gasteiger partial charge is 0.496 e. The van der Waals surface area contributed by atoms with Crippen LogP contribution in [0.25, 0.3) is 0 Å². The van der Waals surface area contributed by atoms with Crippen molar-refractivity contribution in [2.75, 3.05) is 20.2 Å². The van der Waals surface area contributed by atoms with Gasteiger partial charge in [-0.25, -0.2) is 4.79 Å². The summed E-state index contributed by atoms with van der Waals surface area (Å²) in [6.07, 6.45) is 1.99. The number of nitrogens with zero attached hydrogens (tertiary/aromatic N) is 3. The van der Waals surface area contributed by atoms with Crippen LogP contribution in [0, 0.1) is 18.3 Å². The van der Waals surface area contributed by atoms with Crippen molar-refractivity contribution in [3.63, 3.8) is 0 Å². The maximum Gasteiger partial charge on any atom is 0.330 e. The lowest BCUT2D eigenvalue weighted by Gasteiger charge is -2.38. The number of hydrogen-bond acceptors (Lipinski definition) is 6. The van der Waals surface area contributed by atoms with E-state index in [1.54, 1.807) is 23.3 Å². The first-order valence-electron chi connectivity index (χ1n) is 9.63. The van der Waals surface area contributed by atoms with Crippen LogP contribution in [-0.2, 0) is 16.2 Å². The normalized spacial score (nSPS) is 15.7. The number of thiazole rings is 1. The number of hydroxylamine groups is 2. The molecule has 1 saturated heterocycles. The van der Waals surface area contributed by atoms with Gasteiger partial charge in [-0.15, -0.1) is 16.4 Å². The third-order valence-electron chi connectivity index (χ3n) is 4.63. The molecule has 1 aromatic carbocycles. The number of methoxy groups -OCH3 is 1. The van der Waals surface area contributed by atoms with Crippen molar-refractivity contribution in [2.45, 2.75) is 34.2 Å². The van der Waals surface area contributed by atoms with Gasteiger partial charge in [-0.05, 0) is 45.9 Å². The fourth-order valence-electron chi connectivity index (χ4n) is 2.96. The molecule has 2 aromatic rings. The summed E-state index contributed by atoms with van der Waals surface area (Å²) in [7, 11) is 1.49. The molecule has 162 valence electrons. The number of aryl methyl sites for hydroxylation is 1. The number of carbonyl (C=O) groups excluding carboxylic acids is 2. The first-order valence-corrected chi connectivity index (χ1v) is 10.8. The van der Waals surface area contributed by atoms with Crippen molar-refractivity contribution >= 4 is 34.8 Å². The summed E-state index contributed by atoms with van der Waals surface area (Å²) in [6.45, 7) is 9.47. The van der Waals surface area contributed by atoms with Gasteiger partial charge in [-0.3, -0.25) is 4.79 Å². The first kappa shape index (κ1) is 22.5. The summed E-state index contributed by atoms with van der Waals surface area (Å²) in [6, 6.07) is 4.85. The molecule has 0 bridgehead atoms. The van der Waals surface area contributed by atoms with Gasteiger partial charge >= 0.3 is 5.97 Å². The van der Waals surface area contributed by atoms with E-state index < -0.39 is 5.41 Å². The zero-order chi connectivity index (χ0) is 22.1. The predicted octanol–water partition coefficient (Wildman–Crippen LogP) is 3.70. The topological polar surface area (TPSA) is 73.1 Å². The molecule has 2 heterocycles. The Kier molecular flexibility index (Phi) is 6.69. The number of hydrogen-bond donors (Lipinski definition) is 0. The third-order valence-corrected chi connectivity index (χ3v) is 5.80. The summed E-state index contributed by atoms with van der Waals surface area (Å²) in [5.41, 5.74) is -0.164. The highest BCUT2D eigenvalue weighted by molar-refractivity contribution is 7.09. The van der Waals surface area contributed by atoms with E-state index >= 15 is 0 Å². The van der Waals surface area contributed by atoms with Gasteiger partial charge < -0.3 is 14.1 Å². The maximum atomic E-state index is 12.7. The average molecular weight is 452 g/mol. The van der Waals surface area contributed by atoms with E-state index in [0.29, 0.717) is 46.7 Å². The molecule has 0 atom stereocenters. The Balaban J connectivity index is 1.70. The fourth-order valence-corrected chi connectivity index (χ4v) is 3.96. The Morgan fingerprint density at radius 3 is 2.63 bits per heavy atom. The van der Waals surface area contributed by atoms with E-state index in [0.717, 1.165) is 4.88 Å². The highest BCUT2D eigenvalue weighted by Crippen LogP contribution is 2.24. The molecule has 0 radical (unpaired) electrons. The van der Waals surface area contributed by atoms with Crippen LogP contribution >= 0.6 is 22.9 Å². The molecular weight excluding hydrogens is 426 g/mol. The molecule has 0 spiro atoms. The van der Waals surface area contributed by atoms with E-state index in [2.05, 4.69) is 4.99 Å². The zero-order valence-electron chi connectivity index (χ0n) is 17.8. The van der Waals surface area contributed by atoms with Crippen LogP contribution in [0.15, 0.2) is 29.4 Å². The lowest BCUT2D eigenvalue weighted by atomic mass is 9.97. The van der Waals surface area contributed by atoms with Crippen LogP contribution in [0.5, 0.6) is 5.75 Å². The second-order valence-corrected chi connectivity index (χ2v) is 10.0. The zero-order valence-corrected chi connectivity index (χ0v) is 19.3. The summed E-state index contributed by atoms with van der Waals surface area (Å²) >= 11 is 7.43. The van der Waals surface area contributed by atoms with Gasteiger partial charge in [0.25, 0.3) is 5.91 Å². The summed E-state index contributed by atoms with van der Waals surface area (Å²) < 4.78 is 7.24. The SMILES string of the molecule is COc1cc(Cl)ccc1C(=O)/N=c1\sc(C)cn1CC1CN(OC(=O)C(C)(C)C)C1. The smallest absolute Gasteiger partial charge is 0.330 e. The Hall–Kier alpha value is -2.16. The van der Waals surface area contributed by atoms with E-state index in [-0.39, 0.29) is 11.9 Å².